The molecule has 0 bridgehead atoms. The molecule has 29 heavy (non-hydrogen) atoms. The first-order valence-electron chi connectivity index (χ1n) is 8.45. The Morgan fingerprint density at radius 1 is 1.00 bits per heavy atom. The third-order valence-electron chi connectivity index (χ3n) is 4.12. The number of benzene rings is 2. The number of amides is 2. The average Bonchev–Trinajstić information content (AvgIpc) is 2.71. The van der Waals surface area contributed by atoms with Gasteiger partial charge in [-0.2, -0.15) is 5.10 Å². The Labute approximate surface area is 165 Å². The molecule has 0 saturated carbocycles. The van der Waals surface area contributed by atoms with E-state index in [2.05, 4.69) is 16.0 Å². The summed E-state index contributed by atoms with van der Waals surface area (Å²) >= 11 is 0. The summed E-state index contributed by atoms with van der Waals surface area (Å²) in [5, 5.41) is 9.76. The second kappa shape index (κ2) is 7.81. The van der Waals surface area contributed by atoms with E-state index in [0.717, 1.165) is 4.68 Å². The Bertz CT molecular complexity index is 1270. The number of primary sulfonamides is 1. The molecule has 11 heteroatoms. The van der Waals surface area contributed by atoms with Crippen molar-refractivity contribution in [3.8, 4) is 0 Å². The van der Waals surface area contributed by atoms with Gasteiger partial charge >= 0.3 is 0 Å². The van der Waals surface area contributed by atoms with Gasteiger partial charge in [0.05, 0.1) is 10.3 Å². The topological polar surface area (TPSA) is 153 Å². The number of nitrogens with one attached hydrogen (secondary N) is 2. The van der Waals surface area contributed by atoms with Crippen LogP contribution in [0.5, 0.6) is 0 Å². The van der Waals surface area contributed by atoms with Gasteiger partial charge in [0.2, 0.25) is 10.0 Å². The maximum Gasteiger partial charge on any atom is 0.290 e. The van der Waals surface area contributed by atoms with Crippen molar-refractivity contribution in [3.05, 3.63) is 70.1 Å². The van der Waals surface area contributed by atoms with E-state index in [1.807, 2.05) is 0 Å². The van der Waals surface area contributed by atoms with E-state index in [4.69, 9.17) is 5.14 Å². The number of carbonyl (C=O) groups excluding carboxylic acids is 2. The SMILES string of the molecule is CCn1nc(C(=O)NNC(=O)c2ccc(S(N)(=O)=O)cc2)c2ccccc2c1=O. The summed E-state index contributed by atoms with van der Waals surface area (Å²) in [6.45, 7) is 1.99. The molecule has 0 saturated heterocycles. The predicted molar refractivity (Wildman–Crippen MR) is 104 cm³/mol. The molecule has 0 radical (unpaired) electrons. The maximum absolute atomic E-state index is 12.6. The van der Waals surface area contributed by atoms with Crippen molar-refractivity contribution < 1.29 is 18.0 Å². The van der Waals surface area contributed by atoms with E-state index < -0.39 is 21.8 Å². The van der Waals surface area contributed by atoms with Crippen LogP contribution in [-0.2, 0) is 16.6 Å². The molecule has 0 aliphatic rings. The van der Waals surface area contributed by atoms with Gasteiger partial charge in [0.1, 0.15) is 0 Å². The van der Waals surface area contributed by atoms with E-state index in [0.29, 0.717) is 10.8 Å². The maximum atomic E-state index is 12.6. The molecule has 2 amide bonds. The smallest absolute Gasteiger partial charge is 0.267 e. The molecule has 1 aromatic heterocycles. The number of hydrogen-bond acceptors (Lipinski definition) is 6. The minimum Gasteiger partial charge on any atom is -0.267 e. The van der Waals surface area contributed by atoms with Gasteiger partial charge in [-0.3, -0.25) is 25.2 Å². The zero-order chi connectivity index (χ0) is 21.2. The fourth-order valence-electron chi connectivity index (χ4n) is 2.66. The molecule has 10 nitrogen and oxygen atoms in total. The molecule has 3 aromatic rings. The molecular weight excluding hydrogens is 398 g/mol. The minimum absolute atomic E-state index is 0.0214. The molecule has 150 valence electrons. The quantitative estimate of drug-likeness (QED) is 0.515. The highest BCUT2D eigenvalue weighted by molar-refractivity contribution is 7.89. The summed E-state index contributed by atoms with van der Waals surface area (Å²) in [7, 11) is -3.88. The molecule has 2 aromatic carbocycles. The first-order chi connectivity index (χ1) is 13.7. The van der Waals surface area contributed by atoms with Gasteiger partial charge in [-0.25, -0.2) is 18.2 Å². The van der Waals surface area contributed by atoms with Gasteiger partial charge in [0.25, 0.3) is 17.4 Å². The normalized spacial score (nSPS) is 11.2. The molecular formula is C18H17N5O5S. The zero-order valence-electron chi connectivity index (χ0n) is 15.2. The monoisotopic (exact) mass is 415 g/mol. The number of fused-ring (bicyclic) bond motifs is 1. The molecule has 0 spiro atoms. The Hall–Kier alpha value is -3.57. The lowest BCUT2D eigenvalue weighted by Crippen LogP contribution is -2.42. The van der Waals surface area contributed by atoms with E-state index >= 15 is 0 Å². The standard InChI is InChI=1S/C18H17N5O5S/c1-2-23-18(26)14-6-4-3-5-13(14)15(22-23)17(25)21-20-16(24)11-7-9-12(10-8-11)29(19,27)28/h3-10H,2H2,1H3,(H,20,24)(H,21,25)(H2,19,27,28). The number of sulfonamides is 1. The molecule has 0 atom stereocenters. The number of nitrogens with zero attached hydrogens (tertiary/aromatic N) is 2. The second-order valence-corrected chi connectivity index (χ2v) is 7.55. The highest BCUT2D eigenvalue weighted by atomic mass is 32.2. The number of aromatic nitrogens is 2. The van der Waals surface area contributed by atoms with Gasteiger partial charge in [0, 0.05) is 17.5 Å². The van der Waals surface area contributed by atoms with Crippen LogP contribution < -0.4 is 21.5 Å². The lowest BCUT2D eigenvalue weighted by atomic mass is 10.1. The van der Waals surface area contributed by atoms with Crippen LogP contribution in [0.2, 0.25) is 0 Å². The van der Waals surface area contributed by atoms with Crippen LogP contribution in [0.4, 0.5) is 0 Å². The highest BCUT2D eigenvalue weighted by Crippen LogP contribution is 2.13. The van der Waals surface area contributed by atoms with Crippen LogP contribution in [0.3, 0.4) is 0 Å². The zero-order valence-corrected chi connectivity index (χ0v) is 16.1. The third-order valence-corrected chi connectivity index (χ3v) is 5.05. The van der Waals surface area contributed by atoms with Gasteiger partial charge in [-0.1, -0.05) is 18.2 Å². The van der Waals surface area contributed by atoms with Gasteiger partial charge in [-0.15, -0.1) is 0 Å². The van der Waals surface area contributed by atoms with E-state index in [-0.39, 0.29) is 28.3 Å². The van der Waals surface area contributed by atoms with E-state index in [1.165, 1.54) is 24.3 Å². The van der Waals surface area contributed by atoms with Crippen LogP contribution in [0, 0.1) is 0 Å². The van der Waals surface area contributed by atoms with Crippen LogP contribution in [-0.4, -0.2) is 30.0 Å². The number of nitrogens with two attached hydrogens (primary N) is 1. The fourth-order valence-corrected chi connectivity index (χ4v) is 3.17. The highest BCUT2D eigenvalue weighted by Gasteiger charge is 2.17. The summed E-state index contributed by atoms with van der Waals surface area (Å²) in [5.41, 5.74) is 4.23. The van der Waals surface area contributed by atoms with Crippen LogP contribution >= 0.6 is 0 Å². The lowest BCUT2D eigenvalue weighted by molar-refractivity contribution is 0.0843. The molecule has 0 aliphatic carbocycles. The molecule has 0 fully saturated rings. The first-order valence-corrected chi connectivity index (χ1v) is 10.0. The van der Waals surface area contributed by atoms with Crippen LogP contribution in [0.15, 0.2) is 58.2 Å². The predicted octanol–water partition coefficient (Wildman–Crippen LogP) is 0.139. The van der Waals surface area contributed by atoms with Crippen molar-refractivity contribution in [1.29, 1.82) is 0 Å². The van der Waals surface area contributed by atoms with Crippen molar-refractivity contribution in [2.75, 3.05) is 0 Å². The first kappa shape index (κ1) is 20.2. The largest absolute Gasteiger partial charge is 0.290 e. The Kier molecular flexibility index (Phi) is 5.43. The summed E-state index contributed by atoms with van der Waals surface area (Å²) in [6.07, 6.45) is 0. The van der Waals surface area contributed by atoms with Crippen LogP contribution in [0.25, 0.3) is 10.8 Å². The van der Waals surface area contributed by atoms with E-state index in [9.17, 15) is 22.8 Å². The summed E-state index contributed by atoms with van der Waals surface area (Å²) in [5.74, 6) is -1.38. The van der Waals surface area contributed by atoms with Crippen LogP contribution in [0.1, 0.15) is 27.8 Å². The number of hydrogen-bond donors (Lipinski definition) is 3. The van der Waals surface area contributed by atoms with Crippen molar-refractivity contribution in [1.82, 2.24) is 20.6 Å². The fraction of sp³-hybridized carbons (Fsp3) is 0.111. The summed E-state index contributed by atoms with van der Waals surface area (Å²) in [6, 6.07) is 11.4. The van der Waals surface area contributed by atoms with Gasteiger partial charge in [-0.05, 0) is 37.3 Å². The Morgan fingerprint density at radius 2 is 1.59 bits per heavy atom. The van der Waals surface area contributed by atoms with Crippen molar-refractivity contribution in [3.63, 3.8) is 0 Å². The van der Waals surface area contributed by atoms with Crippen molar-refractivity contribution in [2.45, 2.75) is 18.4 Å². The number of rotatable bonds is 4. The number of aryl methyl sites for hydroxylation is 1. The molecule has 0 aliphatic heterocycles. The second-order valence-electron chi connectivity index (χ2n) is 5.99. The summed E-state index contributed by atoms with van der Waals surface area (Å²) < 4.78 is 23.7. The van der Waals surface area contributed by atoms with Crippen molar-refractivity contribution in [2.24, 2.45) is 5.14 Å². The molecule has 1 heterocycles. The van der Waals surface area contributed by atoms with Gasteiger partial charge < -0.3 is 0 Å². The molecule has 0 unspecified atom stereocenters. The average molecular weight is 415 g/mol. The molecule has 4 N–H and O–H groups in total. The Balaban J connectivity index is 1.82. The van der Waals surface area contributed by atoms with Gasteiger partial charge in [0.15, 0.2) is 5.69 Å². The number of carbonyl (C=O) groups is 2. The van der Waals surface area contributed by atoms with Crippen molar-refractivity contribution >= 4 is 32.6 Å². The minimum atomic E-state index is -3.88. The lowest BCUT2D eigenvalue weighted by Gasteiger charge is -2.11. The Morgan fingerprint density at radius 3 is 2.17 bits per heavy atom. The number of hydrazine groups is 1. The van der Waals surface area contributed by atoms with E-state index in [1.54, 1.807) is 31.2 Å². The third kappa shape index (κ3) is 4.15. The molecule has 3 rings (SSSR count). The summed E-state index contributed by atoms with van der Waals surface area (Å²) in [4.78, 5) is 36.9.